The van der Waals surface area contributed by atoms with Crippen molar-refractivity contribution in [1.29, 1.82) is 0 Å². The van der Waals surface area contributed by atoms with E-state index in [4.69, 9.17) is 5.11 Å². The number of hydrogen-bond acceptors (Lipinski definition) is 4. The molecule has 1 aromatic carbocycles. The zero-order valence-corrected chi connectivity index (χ0v) is 12.9. The van der Waals surface area contributed by atoms with Crippen LogP contribution in [0.1, 0.15) is 23.5 Å². The lowest BCUT2D eigenvalue weighted by atomic mass is 10.1. The average molecular weight is 313 g/mol. The van der Waals surface area contributed by atoms with Crippen LogP contribution >= 0.6 is 11.3 Å². The molecule has 0 saturated heterocycles. The van der Waals surface area contributed by atoms with Crippen molar-refractivity contribution in [3.63, 3.8) is 0 Å². The fourth-order valence-corrected chi connectivity index (χ4v) is 3.21. The van der Waals surface area contributed by atoms with Crippen molar-refractivity contribution < 1.29 is 9.90 Å². The molecule has 112 valence electrons. The van der Waals surface area contributed by atoms with Crippen molar-refractivity contribution in [3.05, 3.63) is 47.2 Å². The van der Waals surface area contributed by atoms with E-state index in [-0.39, 0.29) is 6.42 Å². The van der Waals surface area contributed by atoms with E-state index in [1.54, 1.807) is 22.2 Å². The quantitative estimate of drug-likeness (QED) is 0.783. The van der Waals surface area contributed by atoms with Crippen LogP contribution in [0.2, 0.25) is 0 Å². The minimum Gasteiger partial charge on any atom is -0.481 e. The van der Waals surface area contributed by atoms with Gasteiger partial charge in [0.15, 0.2) is 0 Å². The Balaban J connectivity index is 2.02. The van der Waals surface area contributed by atoms with E-state index in [0.29, 0.717) is 6.42 Å². The van der Waals surface area contributed by atoms with Crippen LogP contribution in [0.5, 0.6) is 0 Å². The molecule has 5 nitrogen and oxygen atoms in total. The van der Waals surface area contributed by atoms with Crippen LogP contribution in [0.25, 0.3) is 21.9 Å². The van der Waals surface area contributed by atoms with Crippen LogP contribution < -0.4 is 0 Å². The first kappa shape index (κ1) is 14.5. The van der Waals surface area contributed by atoms with E-state index in [9.17, 15) is 4.79 Å². The molecule has 0 amide bonds. The van der Waals surface area contributed by atoms with Crippen LogP contribution in [-0.2, 0) is 11.8 Å². The van der Waals surface area contributed by atoms with Gasteiger partial charge in [-0.3, -0.25) is 9.48 Å². The van der Waals surface area contributed by atoms with Gasteiger partial charge in [-0.15, -0.1) is 11.3 Å². The molecule has 0 atom stereocenters. The predicted octanol–water partition coefficient (Wildman–Crippen LogP) is 3.44. The highest BCUT2D eigenvalue weighted by Gasteiger charge is 2.11. The number of thiazole rings is 1. The summed E-state index contributed by atoms with van der Waals surface area (Å²) in [6, 6.07) is 9.82. The van der Waals surface area contributed by atoms with Crippen molar-refractivity contribution in [2.45, 2.75) is 12.8 Å². The summed E-state index contributed by atoms with van der Waals surface area (Å²) in [6.45, 7) is 0. The average Bonchev–Trinajstić information content (AvgIpc) is 3.09. The molecule has 3 aromatic rings. The SMILES string of the molecule is Cn1nccc1/C=C(/CCC(=O)O)c1nc2ccccc2s1. The monoisotopic (exact) mass is 313 g/mol. The summed E-state index contributed by atoms with van der Waals surface area (Å²) in [6.07, 6.45) is 4.21. The molecule has 0 unspecified atom stereocenters. The number of allylic oxidation sites excluding steroid dienone is 1. The number of aryl methyl sites for hydroxylation is 1. The molecular formula is C16H15N3O2S. The van der Waals surface area contributed by atoms with E-state index in [1.165, 1.54) is 0 Å². The van der Waals surface area contributed by atoms with Gasteiger partial charge in [0.2, 0.25) is 0 Å². The second kappa shape index (κ2) is 6.11. The molecule has 0 aliphatic rings. The van der Waals surface area contributed by atoms with Gasteiger partial charge in [-0.05, 0) is 36.3 Å². The number of rotatable bonds is 5. The summed E-state index contributed by atoms with van der Waals surface area (Å²) < 4.78 is 2.86. The molecule has 2 heterocycles. The molecule has 22 heavy (non-hydrogen) atoms. The third kappa shape index (κ3) is 3.07. The Labute approximate surface area is 131 Å². The zero-order chi connectivity index (χ0) is 15.5. The lowest BCUT2D eigenvalue weighted by molar-refractivity contribution is -0.136. The van der Waals surface area contributed by atoms with Gasteiger partial charge in [0.05, 0.1) is 15.9 Å². The molecule has 0 saturated carbocycles. The molecule has 3 rings (SSSR count). The Morgan fingerprint density at radius 3 is 2.82 bits per heavy atom. The third-order valence-corrected chi connectivity index (χ3v) is 4.47. The van der Waals surface area contributed by atoms with Gasteiger partial charge in [0.25, 0.3) is 0 Å². The minimum absolute atomic E-state index is 0.0829. The smallest absolute Gasteiger partial charge is 0.303 e. The number of carbonyl (C=O) groups is 1. The van der Waals surface area contributed by atoms with Crippen LogP contribution in [0.3, 0.4) is 0 Å². The van der Waals surface area contributed by atoms with E-state index >= 15 is 0 Å². The van der Waals surface area contributed by atoms with Crippen molar-refractivity contribution in [2.75, 3.05) is 0 Å². The van der Waals surface area contributed by atoms with Gasteiger partial charge in [-0.2, -0.15) is 5.10 Å². The summed E-state index contributed by atoms with van der Waals surface area (Å²) in [4.78, 5) is 15.5. The Morgan fingerprint density at radius 1 is 1.32 bits per heavy atom. The Kier molecular flexibility index (Phi) is 4.02. The molecule has 6 heteroatoms. The fraction of sp³-hybridized carbons (Fsp3) is 0.188. The summed E-state index contributed by atoms with van der Waals surface area (Å²) in [5.41, 5.74) is 2.79. The molecule has 0 spiro atoms. The maximum absolute atomic E-state index is 10.9. The standard InChI is InChI=1S/C16H15N3O2S/c1-19-12(8-9-17-19)10-11(6-7-15(20)21)16-18-13-4-2-3-5-14(13)22-16/h2-5,8-10H,6-7H2,1H3,(H,20,21)/b11-10-. The van der Waals surface area contributed by atoms with E-state index in [1.807, 2.05) is 43.5 Å². The molecule has 0 radical (unpaired) electrons. The van der Waals surface area contributed by atoms with Crippen LogP contribution in [0, 0.1) is 0 Å². The summed E-state index contributed by atoms with van der Waals surface area (Å²) >= 11 is 1.58. The number of aromatic nitrogens is 3. The first-order valence-corrected chi connectivity index (χ1v) is 7.71. The first-order chi connectivity index (χ1) is 10.6. The fourth-order valence-electron chi connectivity index (χ4n) is 2.20. The molecule has 0 fully saturated rings. The van der Waals surface area contributed by atoms with E-state index in [0.717, 1.165) is 26.5 Å². The third-order valence-electron chi connectivity index (χ3n) is 3.36. The minimum atomic E-state index is -0.808. The highest BCUT2D eigenvalue weighted by atomic mass is 32.1. The highest BCUT2D eigenvalue weighted by molar-refractivity contribution is 7.19. The largest absolute Gasteiger partial charge is 0.481 e. The maximum Gasteiger partial charge on any atom is 0.303 e. The molecule has 0 bridgehead atoms. The first-order valence-electron chi connectivity index (χ1n) is 6.90. The zero-order valence-electron chi connectivity index (χ0n) is 12.1. The number of hydrogen-bond donors (Lipinski definition) is 1. The Morgan fingerprint density at radius 2 is 2.14 bits per heavy atom. The number of para-hydroxylation sites is 1. The Hall–Kier alpha value is -2.47. The van der Waals surface area contributed by atoms with Crippen molar-refractivity contribution >= 4 is 39.2 Å². The maximum atomic E-state index is 10.9. The van der Waals surface area contributed by atoms with Gasteiger partial charge < -0.3 is 5.11 Å². The second-order valence-corrected chi connectivity index (χ2v) is 5.96. The van der Waals surface area contributed by atoms with Gasteiger partial charge in [-0.1, -0.05) is 12.1 Å². The van der Waals surface area contributed by atoms with Crippen LogP contribution in [0.4, 0.5) is 0 Å². The van der Waals surface area contributed by atoms with Crippen LogP contribution in [0.15, 0.2) is 36.5 Å². The number of aliphatic carboxylic acids is 1. The van der Waals surface area contributed by atoms with Gasteiger partial charge in [0.1, 0.15) is 5.01 Å². The van der Waals surface area contributed by atoms with Gasteiger partial charge in [0, 0.05) is 19.7 Å². The summed E-state index contributed by atoms with van der Waals surface area (Å²) in [5.74, 6) is -0.808. The predicted molar refractivity (Wildman–Crippen MR) is 87.6 cm³/mol. The number of benzene rings is 1. The lowest BCUT2D eigenvalue weighted by Crippen LogP contribution is -1.97. The molecule has 2 aromatic heterocycles. The van der Waals surface area contributed by atoms with Crippen molar-refractivity contribution in [1.82, 2.24) is 14.8 Å². The Bertz CT molecular complexity index is 815. The van der Waals surface area contributed by atoms with E-state index in [2.05, 4.69) is 10.1 Å². The van der Waals surface area contributed by atoms with E-state index < -0.39 is 5.97 Å². The molecular weight excluding hydrogens is 298 g/mol. The van der Waals surface area contributed by atoms with Crippen LogP contribution in [-0.4, -0.2) is 25.8 Å². The molecule has 0 aliphatic heterocycles. The number of carboxylic acid groups (broad SMARTS) is 1. The second-order valence-electron chi connectivity index (χ2n) is 4.93. The number of nitrogens with zero attached hydrogens (tertiary/aromatic N) is 3. The van der Waals surface area contributed by atoms with Crippen molar-refractivity contribution in [3.8, 4) is 0 Å². The normalized spacial score (nSPS) is 12.0. The summed E-state index contributed by atoms with van der Waals surface area (Å²) in [7, 11) is 1.86. The topological polar surface area (TPSA) is 68.0 Å². The number of carboxylic acids is 1. The summed E-state index contributed by atoms with van der Waals surface area (Å²) in [5, 5.41) is 14.0. The molecule has 1 N–H and O–H groups in total. The van der Waals surface area contributed by atoms with Gasteiger partial charge >= 0.3 is 5.97 Å². The van der Waals surface area contributed by atoms with Crippen molar-refractivity contribution in [2.24, 2.45) is 7.05 Å². The van der Waals surface area contributed by atoms with Gasteiger partial charge in [-0.25, -0.2) is 4.98 Å². The molecule has 0 aliphatic carbocycles. The number of fused-ring (bicyclic) bond motifs is 1. The highest BCUT2D eigenvalue weighted by Crippen LogP contribution is 2.30. The lowest BCUT2D eigenvalue weighted by Gasteiger charge is -2.03.